The van der Waals surface area contributed by atoms with Crippen molar-refractivity contribution in [1.82, 2.24) is 10.2 Å². The van der Waals surface area contributed by atoms with Crippen LogP contribution in [0.3, 0.4) is 0 Å². The molecule has 116 valence electrons. The average molecular weight is 283 g/mol. The number of hydrogen-bond acceptors (Lipinski definition) is 4. The van der Waals surface area contributed by atoms with Gasteiger partial charge in [-0.2, -0.15) is 0 Å². The molecule has 1 aliphatic heterocycles. The minimum Gasteiger partial charge on any atom is -0.444 e. The molecule has 0 aromatic carbocycles. The van der Waals surface area contributed by atoms with E-state index in [1.807, 2.05) is 25.7 Å². The topological polar surface area (TPSA) is 67.6 Å². The molecule has 2 aliphatic rings. The fourth-order valence-electron chi connectivity index (χ4n) is 2.88. The van der Waals surface area contributed by atoms with E-state index in [-0.39, 0.29) is 6.09 Å². The normalized spacial score (nSPS) is 30.2. The van der Waals surface area contributed by atoms with Gasteiger partial charge in [0.25, 0.3) is 0 Å². The molecule has 20 heavy (non-hydrogen) atoms. The highest BCUT2D eigenvalue weighted by molar-refractivity contribution is 5.68. The second-order valence-electron chi connectivity index (χ2n) is 7.25. The molecular formula is C15H29N3O2. The zero-order valence-corrected chi connectivity index (χ0v) is 13.0. The van der Waals surface area contributed by atoms with Crippen molar-refractivity contribution >= 4 is 6.09 Å². The van der Waals surface area contributed by atoms with E-state index in [2.05, 4.69) is 5.32 Å². The van der Waals surface area contributed by atoms with Gasteiger partial charge in [0.05, 0.1) is 0 Å². The summed E-state index contributed by atoms with van der Waals surface area (Å²) in [4.78, 5) is 13.8. The number of nitrogens with zero attached hydrogens (tertiary/aromatic N) is 1. The maximum atomic E-state index is 12.0. The maximum Gasteiger partial charge on any atom is 0.410 e. The second kappa shape index (κ2) is 6.31. The molecule has 0 radical (unpaired) electrons. The third-order valence-electron chi connectivity index (χ3n) is 4.10. The quantitative estimate of drug-likeness (QED) is 0.824. The molecule has 0 aromatic heterocycles. The van der Waals surface area contributed by atoms with Gasteiger partial charge < -0.3 is 20.7 Å². The minimum absolute atomic E-state index is 0.169. The van der Waals surface area contributed by atoms with Crippen molar-refractivity contribution in [3.05, 3.63) is 0 Å². The predicted octanol–water partition coefficient (Wildman–Crippen LogP) is 1.71. The number of carbonyl (C=O) groups is 1. The first-order valence-electron chi connectivity index (χ1n) is 7.80. The number of amides is 1. The highest BCUT2D eigenvalue weighted by Gasteiger charge is 2.30. The first-order chi connectivity index (χ1) is 9.33. The third-order valence-corrected chi connectivity index (χ3v) is 4.10. The monoisotopic (exact) mass is 283 g/mol. The Labute approximate surface area is 122 Å². The van der Waals surface area contributed by atoms with Crippen molar-refractivity contribution in [2.24, 2.45) is 11.7 Å². The number of nitrogens with one attached hydrogen (secondary N) is 1. The van der Waals surface area contributed by atoms with Gasteiger partial charge in [0.1, 0.15) is 5.60 Å². The highest BCUT2D eigenvalue weighted by Crippen LogP contribution is 2.22. The van der Waals surface area contributed by atoms with Crippen molar-refractivity contribution in [2.45, 2.75) is 64.1 Å². The number of hydrogen-bond donors (Lipinski definition) is 2. The Morgan fingerprint density at radius 1 is 1.40 bits per heavy atom. The van der Waals surface area contributed by atoms with Crippen LogP contribution in [0.15, 0.2) is 0 Å². The first-order valence-corrected chi connectivity index (χ1v) is 7.80. The Hall–Kier alpha value is -0.810. The van der Waals surface area contributed by atoms with Gasteiger partial charge in [-0.1, -0.05) is 0 Å². The molecule has 1 aliphatic carbocycles. The Kier molecular flexibility index (Phi) is 4.91. The Balaban J connectivity index is 1.61. The van der Waals surface area contributed by atoms with Crippen LogP contribution in [0.25, 0.3) is 0 Å². The summed E-state index contributed by atoms with van der Waals surface area (Å²) in [5.41, 5.74) is 5.36. The van der Waals surface area contributed by atoms with Gasteiger partial charge in [0, 0.05) is 25.2 Å². The van der Waals surface area contributed by atoms with E-state index < -0.39 is 5.60 Å². The van der Waals surface area contributed by atoms with Gasteiger partial charge in [-0.05, 0) is 58.9 Å². The largest absolute Gasteiger partial charge is 0.444 e. The van der Waals surface area contributed by atoms with E-state index in [0.29, 0.717) is 18.0 Å². The van der Waals surface area contributed by atoms with Gasteiger partial charge in [-0.25, -0.2) is 4.79 Å². The van der Waals surface area contributed by atoms with Crippen molar-refractivity contribution in [2.75, 3.05) is 19.6 Å². The summed E-state index contributed by atoms with van der Waals surface area (Å²) in [6.07, 6.45) is 4.26. The van der Waals surface area contributed by atoms with Crippen molar-refractivity contribution in [3.8, 4) is 0 Å². The zero-order valence-electron chi connectivity index (χ0n) is 13.0. The molecule has 0 aromatic rings. The maximum absolute atomic E-state index is 12.0. The summed E-state index contributed by atoms with van der Waals surface area (Å²) >= 11 is 0. The number of nitrogens with two attached hydrogens (primary N) is 1. The van der Waals surface area contributed by atoms with Crippen molar-refractivity contribution in [3.63, 3.8) is 0 Å². The minimum atomic E-state index is -0.403. The molecular weight excluding hydrogens is 254 g/mol. The molecule has 5 nitrogen and oxygen atoms in total. The van der Waals surface area contributed by atoms with Gasteiger partial charge in [-0.15, -0.1) is 0 Å². The van der Waals surface area contributed by atoms with E-state index in [9.17, 15) is 4.79 Å². The van der Waals surface area contributed by atoms with Crippen LogP contribution in [0.4, 0.5) is 4.79 Å². The number of ether oxygens (including phenoxy) is 1. The van der Waals surface area contributed by atoms with Crippen LogP contribution >= 0.6 is 0 Å². The Morgan fingerprint density at radius 2 is 2.10 bits per heavy atom. The lowest BCUT2D eigenvalue weighted by atomic mass is 9.87. The summed E-state index contributed by atoms with van der Waals surface area (Å²) in [7, 11) is 0. The summed E-state index contributed by atoms with van der Waals surface area (Å²) in [5.74, 6) is 0.601. The fourth-order valence-corrected chi connectivity index (χ4v) is 2.88. The van der Waals surface area contributed by atoms with E-state index in [0.717, 1.165) is 45.3 Å². The summed E-state index contributed by atoms with van der Waals surface area (Å²) in [5, 5.41) is 3.54. The van der Waals surface area contributed by atoms with Crippen LogP contribution in [0, 0.1) is 5.92 Å². The average Bonchev–Trinajstić information content (AvgIpc) is 2.73. The standard InChI is InChI=1S/C15H29N3O2/c1-15(2,3)20-14(19)18-7-5-11(10-18)4-6-17-13-8-12(16)9-13/h11-13,17H,4-10,16H2,1-3H3. The van der Waals surface area contributed by atoms with E-state index in [1.165, 1.54) is 0 Å². The smallest absolute Gasteiger partial charge is 0.410 e. The van der Waals surface area contributed by atoms with Gasteiger partial charge in [0.15, 0.2) is 0 Å². The SMILES string of the molecule is CC(C)(C)OC(=O)N1CCC(CCNC2CC(N)C2)C1. The second-order valence-corrected chi connectivity index (χ2v) is 7.25. The molecule has 1 saturated heterocycles. The van der Waals surface area contributed by atoms with Gasteiger partial charge in [0.2, 0.25) is 0 Å². The summed E-state index contributed by atoms with van der Waals surface area (Å²) in [6, 6.07) is 1.02. The molecule has 0 bridgehead atoms. The van der Waals surface area contributed by atoms with Crippen LogP contribution in [0.2, 0.25) is 0 Å². The Bertz CT molecular complexity index is 335. The number of carbonyl (C=O) groups excluding carboxylic acids is 1. The molecule has 1 amide bonds. The zero-order chi connectivity index (χ0) is 14.8. The summed E-state index contributed by atoms with van der Waals surface area (Å²) in [6.45, 7) is 8.42. The molecule has 2 rings (SSSR count). The van der Waals surface area contributed by atoms with Gasteiger partial charge >= 0.3 is 6.09 Å². The molecule has 5 heteroatoms. The molecule has 3 N–H and O–H groups in total. The Morgan fingerprint density at radius 3 is 2.70 bits per heavy atom. The molecule has 1 saturated carbocycles. The fraction of sp³-hybridized carbons (Fsp3) is 0.933. The molecule has 1 heterocycles. The lowest BCUT2D eigenvalue weighted by molar-refractivity contribution is 0.0287. The highest BCUT2D eigenvalue weighted by atomic mass is 16.6. The molecule has 1 unspecified atom stereocenters. The van der Waals surface area contributed by atoms with Crippen LogP contribution < -0.4 is 11.1 Å². The lowest BCUT2D eigenvalue weighted by Crippen LogP contribution is -2.48. The van der Waals surface area contributed by atoms with Crippen LogP contribution in [0.1, 0.15) is 46.5 Å². The van der Waals surface area contributed by atoms with Crippen LogP contribution in [-0.2, 0) is 4.74 Å². The van der Waals surface area contributed by atoms with Crippen LogP contribution in [0.5, 0.6) is 0 Å². The van der Waals surface area contributed by atoms with Gasteiger partial charge in [-0.3, -0.25) is 0 Å². The van der Waals surface area contributed by atoms with E-state index >= 15 is 0 Å². The van der Waals surface area contributed by atoms with E-state index in [4.69, 9.17) is 10.5 Å². The molecule has 1 atom stereocenters. The lowest BCUT2D eigenvalue weighted by Gasteiger charge is -2.33. The molecule has 0 spiro atoms. The third kappa shape index (κ3) is 4.63. The van der Waals surface area contributed by atoms with Crippen molar-refractivity contribution < 1.29 is 9.53 Å². The van der Waals surface area contributed by atoms with Crippen molar-refractivity contribution in [1.29, 1.82) is 0 Å². The number of rotatable bonds is 4. The number of likely N-dealkylation sites (tertiary alicyclic amines) is 1. The van der Waals surface area contributed by atoms with Crippen LogP contribution in [-0.4, -0.2) is 48.3 Å². The summed E-state index contributed by atoms with van der Waals surface area (Å²) < 4.78 is 5.41. The first kappa shape index (κ1) is 15.6. The van der Waals surface area contributed by atoms with E-state index in [1.54, 1.807) is 0 Å². The predicted molar refractivity (Wildman–Crippen MR) is 79.5 cm³/mol. The molecule has 2 fully saturated rings.